The first kappa shape index (κ1) is 23.5. The van der Waals surface area contributed by atoms with Crippen molar-refractivity contribution in [3.63, 3.8) is 0 Å². The molecule has 31 heavy (non-hydrogen) atoms. The summed E-state index contributed by atoms with van der Waals surface area (Å²) in [7, 11) is 3.23. The van der Waals surface area contributed by atoms with E-state index >= 15 is 0 Å². The molecule has 170 valence electrons. The van der Waals surface area contributed by atoms with Crippen LogP contribution < -0.4 is 14.8 Å². The van der Waals surface area contributed by atoms with Crippen LogP contribution in [0.2, 0.25) is 5.02 Å². The summed E-state index contributed by atoms with van der Waals surface area (Å²) in [6.45, 7) is 3.41. The van der Waals surface area contributed by atoms with Crippen molar-refractivity contribution in [1.29, 1.82) is 0 Å². The highest BCUT2D eigenvalue weighted by Gasteiger charge is 2.33. The molecule has 8 heteroatoms. The molecule has 1 fully saturated rings. The SMILES string of the molecule is COc1ccc([C@H]2CCC[C@@H](C)N2CCNc2ccc(Cl)c(C(F)(F)F)c2)cc1OC. The minimum atomic E-state index is -4.48. The standard InChI is InChI=1S/C23H28ClF3N2O2/c1-15-5-4-6-20(16-7-10-21(30-2)22(13-16)31-3)29(15)12-11-28-17-8-9-19(24)18(14-17)23(25,26)27/h7-10,13-15,20,28H,4-6,11-12H2,1-3H3/t15-,20-/m1/s1. The van der Waals surface area contributed by atoms with E-state index in [2.05, 4.69) is 23.2 Å². The number of piperidine rings is 1. The molecule has 0 aromatic heterocycles. The number of benzene rings is 2. The number of anilines is 1. The van der Waals surface area contributed by atoms with E-state index < -0.39 is 11.7 Å². The summed E-state index contributed by atoms with van der Waals surface area (Å²) in [5.41, 5.74) is 0.729. The van der Waals surface area contributed by atoms with Crippen molar-refractivity contribution >= 4 is 17.3 Å². The summed E-state index contributed by atoms with van der Waals surface area (Å²) < 4.78 is 50.1. The van der Waals surface area contributed by atoms with Gasteiger partial charge in [-0.1, -0.05) is 24.1 Å². The second-order valence-electron chi connectivity index (χ2n) is 7.77. The fraction of sp³-hybridized carbons (Fsp3) is 0.478. The molecule has 1 aliphatic heterocycles. The van der Waals surface area contributed by atoms with Gasteiger partial charge in [-0.3, -0.25) is 4.90 Å². The van der Waals surface area contributed by atoms with Gasteiger partial charge < -0.3 is 14.8 Å². The molecule has 0 saturated carbocycles. The third kappa shape index (κ3) is 5.57. The van der Waals surface area contributed by atoms with E-state index in [0.29, 0.717) is 36.3 Å². The maximum atomic E-state index is 13.1. The van der Waals surface area contributed by atoms with Gasteiger partial charge in [0.15, 0.2) is 11.5 Å². The van der Waals surface area contributed by atoms with Crippen LogP contribution in [-0.4, -0.2) is 38.3 Å². The lowest BCUT2D eigenvalue weighted by atomic mass is 9.91. The van der Waals surface area contributed by atoms with E-state index in [0.717, 1.165) is 30.9 Å². The Morgan fingerprint density at radius 1 is 1.06 bits per heavy atom. The van der Waals surface area contributed by atoms with Crippen molar-refractivity contribution in [2.24, 2.45) is 0 Å². The van der Waals surface area contributed by atoms with E-state index in [9.17, 15) is 13.2 Å². The highest BCUT2D eigenvalue weighted by atomic mass is 35.5. The molecule has 0 radical (unpaired) electrons. The molecule has 0 aliphatic carbocycles. The van der Waals surface area contributed by atoms with Crippen LogP contribution in [0.15, 0.2) is 36.4 Å². The van der Waals surface area contributed by atoms with Gasteiger partial charge in [0.05, 0.1) is 24.8 Å². The van der Waals surface area contributed by atoms with Crippen molar-refractivity contribution in [3.8, 4) is 11.5 Å². The first-order valence-electron chi connectivity index (χ1n) is 10.3. The summed E-state index contributed by atoms with van der Waals surface area (Å²) in [6.07, 6.45) is -1.26. The Balaban J connectivity index is 1.72. The molecule has 4 nitrogen and oxygen atoms in total. The highest BCUT2D eigenvalue weighted by Crippen LogP contribution is 2.38. The Kier molecular flexibility index (Phi) is 7.59. The van der Waals surface area contributed by atoms with Gasteiger partial charge in [-0.15, -0.1) is 0 Å². The summed E-state index contributed by atoms with van der Waals surface area (Å²) in [4.78, 5) is 2.40. The molecule has 1 heterocycles. The molecule has 2 aromatic carbocycles. The number of rotatable bonds is 7. The average molecular weight is 457 g/mol. The molecule has 1 aliphatic rings. The van der Waals surface area contributed by atoms with Gasteiger partial charge in [-0.25, -0.2) is 0 Å². The Hall–Kier alpha value is -2.12. The third-order valence-electron chi connectivity index (χ3n) is 5.83. The predicted molar refractivity (Wildman–Crippen MR) is 117 cm³/mol. The largest absolute Gasteiger partial charge is 0.493 e. The van der Waals surface area contributed by atoms with Crippen LogP contribution in [0.25, 0.3) is 0 Å². The number of nitrogens with zero attached hydrogens (tertiary/aromatic N) is 1. The molecule has 0 spiro atoms. The van der Waals surface area contributed by atoms with Crippen molar-refractivity contribution in [2.75, 3.05) is 32.6 Å². The number of hydrogen-bond donors (Lipinski definition) is 1. The normalized spacial score (nSPS) is 19.8. The number of methoxy groups -OCH3 is 2. The van der Waals surface area contributed by atoms with Crippen molar-refractivity contribution in [2.45, 2.75) is 44.4 Å². The van der Waals surface area contributed by atoms with E-state index in [-0.39, 0.29) is 11.1 Å². The minimum absolute atomic E-state index is 0.210. The Morgan fingerprint density at radius 3 is 2.48 bits per heavy atom. The summed E-state index contributed by atoms with van der Waals surface area (Å²) in [5.74, 6) is 1.38. The van der Waals surface area contributed by atoms with Crippen LogP contribution in [0.1, 0.15) is 43.4 Å². The highest BCUT2D eigenvalue weighted by molar-refractivity contribution is 6.31. The molecular formula is C23H28ClF3N2O2. The van der Waals surface area contributed by atoms with Crippen LogP contribution in [0.4, 0.5) is 18.9 Å². The maximum absolute atomic E-state index is 13.1. The van der Waals surface area contributed by atoms with Crippen LogP contribution >= 0.6 is 11.6 Å². The molecule has 1 saturated heterocycles. The second-order valence-corrected chi connectivity index (χ2v) is 8.17. The molecule has 1 N–H and O–H groups in total. The molecule has 2 atom stereocenters. The minimum Gasteiger partial charge on any atom is -0.493 e. The number of halogens is 4. The fourth-order valence-corrected chi connectivity index (χ4v) is 4.45. The number of alkyl halides is 3. The van der Waals surface area contributed by atoms with Crippen molar-refractivity contribution in [3.05, 3.63) is 52.5 Å². The summed E-state index contributed by atoms with van der Waals surface area (Å²) in [5, 5.41) is 2.82. The molecular weight excluding hydrogens is 429 g/mol. The van der Waals surface area contributed by atoms with Gasteiger partial charge >= 0.3 is 6.18 Å². The van der Waals surface area contributed by atoms with E-state index in [1.807, 2.05) is 12.1 Å². The third-order valence-corrected chi connectivity index (χ3v) is 6.16. The summed E-state index contributed by atoms with van der Waals surface area (Å²) in [6, 6.07) is 10.5. The predicted octanol–water partition coefficient (Wildman–Crippen LogP) is 6.40. The van der Waals surface area contributed by atoms with Gasteiger partial charge in [0, 0.05) is 30.9 Å². The van der Waals surface area contributed by atoms with Crippen molar-refractivity contribution < 1.29 is 22.6 Å². The lowest BCUT2D eigenvalue weighted by Crippen LogP contribution is -2.42. The lowest BCUT2D eigenvalue weighted by Gasteiger charge is -2.41. The van der Waals surface area contributed by atoms with Gasteiger partial charge in [-0.05, 0) is 55.7 Å². The number of hydrogen-bond acceptors (Lipinski definition) is 4. The van der Waals surface area contributed by atoms with Crippen LogP contribution in [-0.2, 0) is 6.18 Å². The van der Waals surface area contributed by atoms with E-state index in [1.165, 1.54) is 6.07 Å². The summed E-state index contributed by atoms with van der Waals surface area (Å²) >= 11 is 5.71. The van der Waals surface area contributed by atoms with E-state index in [4.69, 9.17) is 21.1 Å². The number of likely N-dealkylation sites (tertiary alicyclic amines) is 1. The fourth-order valence-electron chi connectivity index (χ4n) is 4.22. The zero-order valence-corrected chi connectivity index (χ0v) is 18.7. The monoisotopic (exact) mass is 456 g/mol. The number of ether oxygens (including phenoxy) is 2. The molecule has 0 bridgehead atoms. The van der Waals surface area contributed by atoms with Crippen molar-refractivity contribution in [1.82, 2.24) is 4.90 Å². The van der Waals surface area contributed by atoms with Gasteiger partial charge in [0.1, 0.15) is 0 Å². The van der Waals surface area contributed by atoms with Gasteiger partial charge in [-0.2, -0.15) is 13.2 Å². The van der Waals surface area contributed by atoms with Crippen LogP contribution in [0.5, 0.6) is 11.5 Å². The first-order chi connectivity index (χ1) is 14.7. The van der Waals surface area contributed by atoms with E-state index in [1.54, 1.807) is 20.3 Å². The van der Waals surface area contributed by atoms with Gasteiger partial charge in [0.25, 0.3) is 0 Å². The Bertz CT molecular complexity index is 892. The zero-order chi connectivity index (χ0) is 22.6. The lowest BCUT2D eigenvalue weighted by molar-refractivity contribution is -0.137. The molecule has 2 aromatic rings. The van der Waals surface area contributed by atoms with Crippen LogP contribution in [0, 0.1) is 0 Å². The molecule has 0 unspecified atom stereocenters. The maximum Gasteiger partial charge on any atom is 0.417 e. The average Bonchev–Trinajstić information content (AvgIpc) is 2.74. The quantitative estimate of drug-likeness (QED) is 0.522. The topological polar surface area (TPSA) is 33.7 Å². The molecule has 3 rings (SSSR count). The van der Waals surface area contributed by atoms with Gasteiger partial charge in [0.2, 0.25) is 0 Å². The zero-order valence-electron chi connectivity index (χ0n) is 17.9. The Morgan fingerprint density at radius 2 is 1.81 bits per heavy atom. The first-order valence-corrected chi connectivity index (χ1v) is 10.7. The number of nitrogens with one attached hydrogen (secondary N) is 1. The molecule has 0 amide bonds. The second kappa shape index (κ2) is 10.0. The smallest absolute Gasteiger partial charge is 0.417 e. The Labute approximate surface area is 186 Å². The van der Waals surface area contributed by atoms with Crippen LogP contribution in [0.3, 0.4) is 0 Å².